The number of para-hydroxylation sites is 1. The standard InChI is InChI=1S/C60H51N/c1-58(2)51-23-10-6-17-43(51)46-33-29-40(37-54(46)58)39-27-30-41(31-28-39)61(42-32-34-47-44-18-8-12-25-53(44)60(55(47)38-42)35-14-5-15-36-60)56-26-13-9-20-48(56)50-22-16-21-49-45-19-7-11-24-52(45)59(3,4)57(49)50/h6-13,16-34,37-38H,5,14-15,35-36H2,1-4H3. The molecule has 4 aliphatic rings. The summed E-state index contributed by atoms with van der Waals surface area (Å²) in [5, 5.41) is 0. The second-order valence-corrected chi connectivity index (χ2v) is 19.1. The summed E-state index contributed by atoms with van der Waals surface area (Å²) in [5.74, 6) is 0. The Hall–Kier alpha value is -6.44. The predicted molar refractivity (Wildman–Crippen MR) is 256 cm³/mol. The average molecular weight is 786 g/mol. The zero-order valence-electron chi connectivity index (χ0n) is 35.7. The summed E-state index contributed by atoms with van der Waals surface area (Å²) in [7, 11) is 0. The molecule has 0 unspecified atom stereocenters. The zero-order chi connectivity index (χ0) is 41.1. The minimum absolute atomic E-state index is 0.0428. The molecule has 1 heteroatoms. The molecule has 0 heterocycles. The Morgan fingerprint density at radius 1 is 0.344 bits per heavy atom. The van der Waals surface area contributed by atoms with E-state index in [1.165, 1.54) is 132 Å². The summed E-state index contributed by atoms with van der Waals surface area (Å²) < 4.78 is 0. The number of benzene rings is 8. The fourth-order valence-corrected chi connectivity index (χ4v) is 12.4. The summed E-state index contributed by atoms with van der Waals surface area (Å²) >= 11 is 0. The molecule has 0 radical (unpaired) electrons. The highest BCUT2D eigenvalue weighted by molar-refractivity contribution is 5.96. The third kappa shape index (κ3) is 5.19. The lowest BCUT2D eigenvalue weighted by Crippen LogP contribution is -2.28. The van der Waals surface area contributed by atoms with Gasteiger partial charge in [0.2, 0.25) is 0 Å². The van der Waals surface area contributed by atoms with Crippen LogP contribution in [0.2, 0.25) is 0 Å². The van der Waals surface area contributed by atoms with Gasteiger partial charge in [0.1, 0.15) is 0 Å². The second kappa shape index (κ2) is 13.3. The molecule has 4 aliphatic carbocycles. The molecule has 1 fully saturated rings. The highest BCUT2D eigenvalue weighted by Crippen LogP contribution is 2.58. The van der Waals surface area contributed by atoms with Gasteiger partial charge in [-0.05, 0) is 133 Å². The zero-order valence-corrected chi connectivity index (χ0v) is 35.7. The topological polar surface area (TPSA) is 3.24 Å². The first kappa shape index (κ1) is 36.4. The first-order chi connectivity index (χ1) is 29.8. The summed E-state index contributed by atoms with van der Waals surface area (Å²) in [6.07, 6.45) is 6.28. The minimum atomic E-state index is -0.138. The van der Waals surface area contributed by atoms with E-state index in [4.69, 9.17) is 0 Å². The van der Waals surface area contributed by atoms with Crippen molar-refractivity contribution in [2.24, 2.45) is 0 Å². The smallest absolute Gasteiger partial charge is 0.0540 e. The van der Waals surface area contributed by atoms with Crippen molar-refractivity contribution in [3.05, 3.63) is 209 Å². The van der Waals surface area contributed by atoms with Crippen LogP contribution < -0.4 is 4.90 Å². The fraction of sp³-hybridized carbons (Fsp3) is 0.200. The SMILES string of the molecule is CC1(C)c2ccccc2-c2ccc(-c3ccc(N(c4ccc5c(c4)C4(CCCCC4)c4ccccc4-5)c4ccccc4-c4cccc5c4C(C)(C)c4ccccc4-5)cc3)cc21. The Balaban J connectivity index is 1.03. The number of rotatable bonds is 5. The fourth-order valence-electron chi connectivity index (χ4n) is 12.4. The summed E-state index contributed by atoms with van der Waals surface area (Å²) in [6, 6.07) is 67.1. The van der Waals surface area contributed by atoms with E-state index in [-0.39, 0.29) is 16.2 Å². The van der Waals surface area contributed by atoms with Crippen LogP contribution in [0, 0.1) is 0 Å². The molecule has 0 atom stereocenters. The molecule has 0 N–H and O–H groups in total. The van der Waals surface area contributed by atoms with Crippen molar-refractivity contribution in [1.29, 1.82) is 0 Å². The van der Waals surface area contributed by atoms with E-state index < -0.39 is 0 Å². The van der Waals surface area contributed by atoms with Gasteiger partial charge in [-0.1, -0.05) is 186 Å². The Morgan fingerprint density at radius 2 is 0.836 bits per heavy atom. The van der Waals surface area contributed by atoms with Crippen molar-refractivity contribution >= 4 is 17.1 Å². The third-order valence-corrected chi connectivity index (χ3v) is 15.3. The van der Waals surface area contributed by atoms with E-state index in [0.717, 1.165) is 5.69 Å². The third-order valence-electron chi connectivity index (χ3n) is 15.3. The van der Waals surface area contributed by atoms with Crippen molar-refractivity contribution in [3.8, 4) is 55.6 Å². The van der Waals surface area contributed by atoms with E-state index in [1.54, 1.807) is 0 Å². The van der Waals surface area contributed by atoms with E-state index in [9.17, 15) is 0 Å². The van der Waals surface area contributed by atoms with E-state index in [0.29, 0.717) is 0 Å². The van der Waals surface area contributed by atoms with Crippen molar-refractivity contribution in [1.82, 2.24) is 0 Å². The van der Waals surface area contributed by atoms with Crippen molar-refractivity contribution in [2.45, 2.75) is 76.0 Å². The average Bonchev–Trinajstić information content (AvgIpc) is 3.81. The molecule has 8 aromatic rings. The highest BCUT2D eigenvalue weighted by Gasteiger charge is 2.44. The molecule has 0 saturated heterocycles. The molecular weight excluding hydrogens is 735 g/mol. The van der Waals surface area contributed by atoms with E-state index in [1.807, 2.05) is 0 Å². The van der Waals surface area contributed by atoms with Gasteiger partial charge in [-0.25, -0.2) is 0 Å². The van der Waals surface area contributed by atoms with Gasteiger partial charge < -0.3 is 4.90 Å². The van der Waals surface area contributed by atoms with Crippen LogP contribution in [0.5, 0.6) is 0 Å². The molecule has 1 spiro atoms. The van der Waals surface area contributed by atoms with E-state index in [2.05, 4.69) is 209 Å². The summed E-state index contributed by atoms with van der Waals surface area (Å²) in [4.78, 5) is 2.55. The summed E-state index contributed by atoms with van der Waals surface area (Å²) in [5.41, 5.74) is 25.4. The lowest BCUT2D eigenvalue weighted by molar-refractivity contribution is 0.353. The van der Waals surface area contributed by atoms with E-state index >= 15 is 0 Å². The molecular formula is C60H51N. The van der Waals surface area contributed by atoms with Gasteiger partial charge in [0.25, 0.3) is 0 Å². The van der Waals surface area contributed by atoms with Crippen LogP contribution in [0.15, 0.2) is 176 Å². The first-order valence-electron chi connectivity index (χ1n) is 22.5. The lowest BCUT2D eigenvalue weighted by atomic mass is 9.68. The largest absolute Gasteiger partial charge is 0.310 e. The molecule has 0 aromatic heterocycles. The predicted octanol–water partition coefficient (Wildman–Crippen LogP) is 16.3. The Kier molecular flexibility index (Phi) is 7.93. The molecule has 0 bridgehead atoms. The van der Waals surface area contributed by atoms with Gasteiger partial charge in [0.15, 0.2) is 0 Å². The van der Waals surface area contributed by atoms with Gasteiger partial charge in [-0.15, -0.1) is 0 Å². The first-order valence-corrected chi connectivity index (χ1v) is 22.5. The summed E-state index contributed by atoms with van der Waals surface area (Å²) in [6.45, 7) is 9.55. The number of nitrogens with zero attached hydrogens (tertiary/aromatic N) is 1. The van der Waals surface area contributed by atoms with Gasteiger partial charge in [-0.2, -0.15) is 0 Å². The molecule has 12 rings (SSSR count). The molecule has 1 saturated carbocycles. The van der Waals surface area contributed by atoms with Gasteiger partial charge in [0, 0.05) is 33.2 Å². The number of hydrogen-bond acceptors (Lipinski definition) is 1. The quantitative estimate of drug-likeness (QED) is 0.168. The number of hydrogen-bond donors (Lipinski definition) is 0. The molecule has 296 valence electrons. The lowest BCUT2D eigenvalue weighted by Gasteiger charge is -2.37. The van der Waals surface area contributed by atoms with Gasteiger partial charge >= 0.3 is 0 Å². The van der Waals surface area contributed by atoms with Gasteiger partial charge in [-0.3, -0.25) is 0 Å². The maximum atomic E-state index is 2.57. The minimum Gasteiger partial charge on any atom is -0.310 e. The van der Waals surface area contributed by atoms with Crippen LogP contribution in [0.25, 0.3) is 55.6 Å². The number of anilines is 3. The molecule has 0 aliphatic heterocycles. The Labute approximate surface area is 361 Å². The molecule has 8 aromatic carbocycles. The monoisotopic (exact) mass is 785 g/mol. The van der Waals surface area contributed by atoms with Gasteiger partial charge in [0.05, 0.1) is 5.69 Å². The highest BCUT2D eigenvalue weighted by atomic mass is 15.1. The molecule has 1 nitrogen and oxygen atoms in total. The molecule has 61 heavy (non-hydrogen) atoms. The van der Waals surface area contributed by atoms with Crippen molar-refractivity contribution in [2.75, 3.05) is 4.90 Å². The van der Waals surface area contributed by atoms with Crippen molar-refractivity contribution in [3.63, 3.8) is 0 Å². The van der Waals surface area contributed by atoms with Crippen LogP contribution in [-0.2, 0) is 16.2 Å². The van der Waals surface area contributed by atoms with Crippen LogP contribution in [-0.4, -0.2) is 0 Å². The second-order valence-electron chi connectivity index (χ2n) is 19.1. The number of fused-ring (bicyclic) bond motifs is 11. The van der Waals surface area contributed by atoms with Crippen LogP contribution in [0.3, 0.4) is 0 Å². The van der Waals surface area contributed by atoms with Crippen LogP contribution in [0.4, 0.5) is 17.1 Å². The van der Waals surface area contributed by atoms with Crippen molar-refractivity contribution < 1.29 is 0 Å². The maximum Gasteiger partial charge on any atom is 0.0540 e. The normalized spacial score (nSPS) is 16.6. The van der Waals surface area contributed by atoms with Crippen LogP contribution >= 0.6 is 0 Å². The van der Waals surface area contributed by atoms with Crippen LogP contribution in [0.1, 0.15) is 93.2 Å². The Bertz CT molecular complexity index is 3060. The maximum absolute atomic E-state index is 2.57. The Morgan fingerprint density at radius 3 is 1.56 bits per heavy atom. The molecule has 0 amide bonds.